The number of carboxylic acids is 1. The summed E-state index contributed by atoms with van der Waals surface area (Å²) >= 11 is 0. The van der Waals surface area contributed by atoms with E-state index in [1.54, 1.807) is 56.6 Å². The molecule has 0 aliphatic carbocycles. The lowest BCUT2D eigenvalue weighted by Gasteiger charge is -2.34. The van der Waals surface area contributed by atoms with Crippen molar-refractivity contribution in [1.82, 2.24) is 43.6 Å². The lowest BCUT2D eigenvalue weighted by Crippen LogP contribution is -2.49. The zero-order valence-corrected chi connectivity index (χ0v) is 34.2. The zero-order chi connectivity index (χ0) is 42.9. The molecule has 20 nitrogen and oxygen atoms in total. The number of allylic oxidation sites excluding steroid dienone is 2. The lowest BCUT2D eigenvalue weighted by molar-refractivity contribution is -0.00549. The second kappa shape index (κ2) is 16.9. The SMILES string of the molecule is CCn1nc(C)cc1C(=O)Nc1nc2cc(C(N)=O)cc3c2n1C/C=C/Cn1c(NC(=O)c2cc(C)nn2CC)nc2cc(C(=O)O)cc(c21)OCC(N1CCOCC1)CO3. The molecule has 20 heteroatoms. The first kappa shape index (κ1) is 40.7. The van der Waals surface area contributed by atoms with Crippen LogP contribution in [0.25, 0.3) is 22.1 Å². The molecule has 2 aliphatic heterocycles. The summed E-state index contributed by atoms with van der Waals surface area (Å²) in [6.07, 6.45) is 3.69. The Morgan fingerprint density at radius 3 is 1.67 bits per heavy atom. The number of morpholine rings is 1. The van der Waals surface area contributed by atoms with Crippen LogP contribution in [-0.4, -0.2) is 118 Å². The number of hydrogen-bond donors (Lipinski definition) is 4. The van der Waals surface area contributed by atoms with Crippen molar-refractivity contribution in [2.24, 2.45) is 5.73 Å². The molecule has 3 amide bonds. The number of nitrogens with one attached hydrogen (secondary N) is 2. The summed E-state index contributed by atoms with van der Waals surface area (Å²) in [5.41, 5.74) is 9.53. The van der Waals surface area contributed by atoms with Gasteiger partial charge in [0.2, 0.25) is 17.8 Å². The molecule has 2 aromatic carbocycles. The number of hydrogen-bond acceptors (Lipinski definition) is 12. The molecule has 2 aliphatic rings. The number of benzene rings is 2. The first-order valence-electron chi connectivity index (χ1n) is 20.0. The van der Waals surface area contributed by atoms with Gasteiger partial charge in [0.1, 0.15) is 47.1 Å². The molecular weight excluding hydrogens is 789 g/mol. The quantitative estimate of drug-likeness (QED) is 0.153. The number of primary amides is 1. The molecule has 6 heterocycles. The lowest BCUT2D eigenvalue weighted by atomic mass is 10.1. The van der Waals surface area contributed by atoms with E-state index in [1.165, 1.54) is 12.1 Å². The molecule has 0 radical (unpaired) electrons. The maximum Gasteiger partial charge on any atom is 0.335 e. The highest BCUT2D eigenvalue weighted by Crippen LogP contribution is 2.34. The average molecular weight is 835 g/mol. The van der Waals surface area contributed by atoms with Crippen LogP contribution in [0, 0.1) is 13.8 Å². The molecule has 0 spiro atoms. The minimum atomic E-state index is -1.18. The Balaban J connectivity index is 1.27. The number of rotatable bonds is 9. The Hall–Kier alpha value is -7.06. The van der Waals surface area contributed by atoms with E-state index >= 15 is 0 Å². The fourth-order valence-corrected chi connectivity index (χ4v) is 7.70. The van der Waals surface area contributed by atoms with Gasteiger partial charge in [0.25, 0.3) is 11.8 Å². The van der Waals surface area contributed by atoms with Gasteiger partial charge in [0.15, 0.2) is 0 Å². The number of anilines is 2. The Morgan fingerprint density at radius 1 is 0.738 bits per heavy atom. The predicted molar refractivity (Wildman–Crippen MR) is 222 cm³/mol. The minimum absolute atomic E-state index is 0.0413. The zero-order valence-electron chi connectivity index (χ0n) is 34.2. The Morgan fingerprint density at radius 2 is 1.21 bits per heavy atom. The molecule has 5 N–H and O–H groups in total. The summed E-state index contributed by atoms with van der Waals surface area (Å²) < 4.78 is 25.5. The van der Waals surface area contributed by atoms with E-state index in [2.05, 4.69) is 25.7 Å². The van der Waals surface area contributed by atoms with E-state index in [9.17, 15) is 24.3 Å². The van der Waals surface area contributed by atoms with Gasteiger partial charge in [-0.05, 0) is 64.1 Å². The van der Waals surface area contributed by atoms with Crippen molar-refractivity contribution >= 4 is 57.7 Å². The van der Waals surface area contributed by atoms with E-state index in [4.69, 9.17) is 29.9 Å². The van der Waals surface area contributed by atoms with Crippen LogP contribution in [0.1, 0.15) is 66.9 Å². The van der Waals surface area contributed by atoms with Gasteiger partial charge in [-0.3, -0.25) is 39.3 Å². The summed E-state index contributed by atoms with van der Waals surface area (Å²) in [5.74, 6) is -1.89. The molecule has 4 aromatic heterocycles. The van der Waals surface area contributed by atoms with E-state index in [0.717, 1.165) is 0 Å². The number of aromatic carboxylic acids is 1. The third kappa shape index (κ3) is 8.14. The fourth-order valence-electron chi connectivity index (χ4n) is 7.70. The number of ether oxygens (including phenoxy) is 3. The first-order chi connectivity index (χ1) is 29.4. The topological polar surface area (TPSA) is 241 Å². The van der Waals surface area contributed by atoms with Gasteiger partial charge in [-0.2, -0.15) is 10.2 Å². The number of aromatic nitrogens is 8. The predicted octanol–water partition coefficient (Wildman–Crippen LogP) is 3.47. The number of amides is 3. The van der Waals surface area contributed by atoms with E-state index in [0.29, 0.717) is 84.5 Å². The summed E-state index contributed by atoms with van der Waals surface area (Å²) in [7, 11) is 0. The van der Waals surface area contributed by atoms with Crippen molar-refractivity contribution in [1.29, 1.82) is 0 Å². The van der Waals surface area contributed by atoms with Crippen LogP contribution < -0.4 is 25.8 Å². The third-order valence-corrected chi connectivity index (χ3v) is 10.6. The molecule has 318 valence electrons. The molecule has 8 rings (SSSR count). The largest absolute Gasteiger partial charge is 0.490 e. The van der Waals surface area contributed by atoms with Crippen LogP contribution in [0.15, 0.2) is 48.6 Å². The van der Waals surface area contributed by atoms with Gasteiger partial charge in [-0.25, -0.2) is 14.8 Å². The maximum atomic E-state index is 13.8. The molecule has 1 unspecified atom stereocenters. The van der Waals surface area contributed by atoms with Gasteiger partial charge in [0, 0.05) is 44.8 Å². The van der Waals surface area contributed by atoms with Crippen molar-refractivity contribution in [3.8, 4) is 11.5 Å². The van der Waals surface area contributed by atoms with Gasteiger partial charge in [-0.15, -0.1) is 0 Å². The Kier molecular flexibility index (Phi) is 11.3. The highest BCUT2D eigenvalue weighted by molar-refractivity contribution is 6.05. The van der Waals surface area contributed by atoms with Crippen LogP contribution in [-0.2, 0) is 30.9 Å². The van der Waals surface area contributed by atoms with Crippen molar-refractivity contribution in [2.45, 2.75) is 59.9 Å². The number of carboxylic acid groups (broad SMARTS) is 1. The molecule has 1 saturated heterocycles. The number of carbonyl (C=O) groups is 4. The van der Waals surface area contributed by atoms with E-state index in [-0.39, 0.29) is 60.6 Å². The third-order valence-electron chi connectivity index (χ3n) is 10.6. The summed E-state index contributed by atoms with van der Waals surface area (Å²) in [6, 6.07) is 8.96. The molecule has 0 saturated carbocycles. The van der Waals surface area contributed by atoms with Gasteiger partial charge >= 0.3 is 5.97 Å². The van der Waals surface area contributed by atoms with Crippen LogP contribution in [0.2, 0.25) is 0 Å². The summed E-state index contributed by atoms with van der Waals surface area (Å²) in [5, 5.41) is 24.9. The van der Waals surface area contributed by atoms with Crippen LogP contribution >= 0.6 is 0 Å². The van der Waals surface area contributed by atoms with Gasteiger partial charge < -0.3 is 34.2 Å². The number of nitrogens with zero attached hydrogens (tertiary/aromatic N) is 9. The van der Waals surface area contributed by atoms with Crippen molar-refractivity contribution in [2.75, 3.05) is 50.2 Å². The maximum absolute atomic E-state index is 13.8. The smallest absolute Gasteiger partial charge is 0.335 e. The van der Waals surface area contributed by atoms with Crippen molar-refractivity contribution in [3.05, 3.63) is 82.5 Å². The molecule has 1 atom stereocenters. The van der Waals surface area contributed by atoms with E-state index < -0.39 is 29.7 Å². The fraction of sp³-hybridized carbons (Fsp3) is 0.366. The molecule has 6 aromatic rings. The first-order valence-corrected chi connectivity index (χ1v) is 20.0. The highest BCUT2D eigenvalue weighted by atomic mass is 16.5. The number of carbonyl (C=O) groups excluding carboxylic acids is 3. The van der Waals surface area contributed by atoms with Crippen LogP contribution in [0.4, 0.5) is 11.9 Å². The molecular formula is C41H46N12O8. The van der Waals surface area contributed by atoms with E-state index in [1.807, 2.05) is 26.0 Å². The molecule has 0 bridgehead atoms. The van der Waals surface area contributed by atoms with Crippen LogP contribution in [0.3, 0.4) is 0 Å². The second-order valence-corrected chi connectivity index (χ2v) is 14.7. The Bertz CT molecular complexity index is 2540. The second-order valence-electron chi connectivity index (χ2n) is 14.7. The monoisotopic (exact) mass is 834 g/mol. The normalized spacial score (nSPS) is 16.6. The van der Waals surface area contributed by atoms with Gasteiger partial charge in [-0.1, -0.05) is 12.2 Å². The number of aryl methyl sites for hydroxylation is 4. The average Bonchev–Trinajstić information content (AvgIpc) is 4.01. The number of nitrogens with two attached hydrogens (primary N) is 1. The van der Waals surface area contributed by atoms with Crippen molar-refractivity contribution < 1.29 is 38.5 Å². The Labute approximate surface area is 348 Å². The highest BCUT2D eigenvalue weighted by Gasteiger charge is 2.28. The summed E-state index contributed by atoms with van der Waals surface area (Å²) in [6.45, 7) is 10.8. The van der Waals surface area contributed by atoms with Gasteiger partial charge in [0.05, 0.1) is 47.2 Å². The molecule has 1 fully saturated rings. The minimum Gasteiger partial charge on any atom is -0.490 e. The molecule has 61 heavy (non-hydrogen) atoms. The standard InChI is InChI=1S/C41H46N12O8/c1-5-52-30(15-23(3)47-52)37(55)45-40-43-28-17-25(36(42)54)19-32-34(28)50(40)9-7-8-10-51-35-29(44-41(51)46-38(56)31-16-24(4)48-53(31)6-2)18-26(39(57)58)20-33(35)61-22-27(21-60-32)49-11-13-59-14-12-49/h7-8,15-20,27H,5-6,9-14,21-22H2,1-4H3,(H2,42,54)(H,57,58)(H,43,45,55)(H,44,46,56)/b8-7+. The van der Waals surface area contributed by atoms with Crippen LogP contribution in [0.5, 0.6) is 11.5 Å². The van der Waals surface area contributed by atoms with Crippen molar-refractivity contribution in [3.63, 3.8) is 0 Å². The number of imidazole rings is 2. The summed E-state index contributed by atoms with van der Waals surface area (Å²) in [4.78, 5) is 64.4.